The van der Waals surface area contributed by atoms with E-state index < -0.39 is 6.04 Å². The molecule has 0 saturated carbocycles. The van der Waals surface area contributed by atoms with Crippen LogP contribution in [-0.4, -0.2) is 61.1 Å². The molecule has 1 fully saturated rings. The Balaban J connectivity index is 1.60. The SMILES string of the molecule is CC(C)CC(=O)N1CCc2ccc(OCC(=O)N3CCOCC3)cc2C1c1cccc(F)c1. The molecule has 2 heterocycles. The highest BCUT2D eigenvalue weighted by molar-refractivity contribution is 5.78. The van der Waals surface area contributed by atoms with Crippen molar-refractivity contribution in [2.75, 3.05) is 39.5 Å². The van der Waals surface area contributed by atoms with Crippen molar-refractivity contribution in [3.8, 4) is 5.75 Å². The molecular weight excluding hydrogens is 423 g/mol. The van der Waals surface area contributed by atoms with Crippen LogP contribution in [0.2, 0.25) is 0 Å². The zero-order valence-corrected chi connectivity index (χ0v) is 19.3. The van der Waals surface area contributed by atoms with Crippen molar-refractivity contribution in [2.45, 2.75) is 32.7 Å². The van der Waals surface area contributed by atoms with Crippen LogP contribution in [0, 0.1) is 11.7 Å². The molecular formula is C26H31FN2O4. The summed E-state index contributed by atoms with van der Waals surface area (Å²) in [6.07, 6.45) is 1.16. The lowest BCUT2D eigenvalue weighted by atomic mass is 9.87. The maximum absolute atomic E-state index is 14.1. The van der Waals surface area contributed by atoms with Gasteiger partial charge >= 0.3 is 0 Å². The molecule has 4 rings (SSSR count). The number of rotatable bonds is 6. The summed E-state index contributed by atoms with van der Waals surface area (Å²) in [6.45, 7) is 6.78. The van der Waals surface area contributed by atoms with Gasteiger partial charge in [0.25, 0.3) is 5.91 Å². The number of benzene rings is 2. The molecule has 2 aromatic rings. The molecule has 1 atom stereocenters. The molecule has 1 unspecified atom stereocenters. The maximum atomic E-state index is 14.1. The summed E-state index contributed by atoms with van der Waals surface area (Å²) in [7, 11) is 0. The van der Waals surface area contributed by atoms with E-state index in [2.05, 4.69) is 0 Å². The Hall–Kier alpha value is -2.93. The minimum Gasteiger partial charge on any atom is -0.484 e. The Morgan fingerprint density at radius 2 is 1.88 bits per heavy atom. The van der Waals surface area contributed by atoms with Gasteiger partial charge in [0.2, 0.25) is 5.91 Å². The fourth-order valence-corrected chi connectivity index (χ4v) is 4.50. The average molecular weight is 455 g/mol. The number of hydrogen-bond donors (Lipinski definition) is 0. The van der Waals surface area contributed by atoms with Crippen LogP contribution in [0.3, 0.4) is 0 Å². The van der Waals surface area contributed by atoms with Crippen LogP contribution in [0.4, 0.5) is 4.39 Å². The van der Waals surface area contributed by atoms with Crippen LogP contribution in [0.15, 0.2) is 42.5 Å². The van der Waals surface area contributed by atoms with Gasteiger partial charge in [-0.25, -0.2) is 4.39 Å². The van der Waals surface area contributed by atoms with Gasteiger partial charge in [-0.3, -0.25) is 9.59 Å². The Labute approximate surface area is 194 Å². The normalized spacial score (nSPS) is 18.2. The third kappa shape index (κ3) is 5.53. The van der Waals surface area contributed by atoms with Crippen LogP contribution in [0.25, 0.3) is 0 Å². The molecule has 6 nitrogen and oxygen atoms in total. The fraction of sp³-hybridized carbons (Fsp3) is 0.462. The molecule has 2 amide bonds. The number of hydrogen-bond acceptors (Lipinski definition) is 4. The van der Waals surface area contributed by atoms with Gasteiger partial charge in [-0.05, 0) is 53.3 Å². The van der Waals surface area contributed by atoms with Crippen molar-refractivity contribution in [1.29, 1.82) is 0 Å². The lowest BCUT2D eigenvalue weighted by Crippen LogP contribution is -2.43. The Bertz CT molecular complexity index is 1000. The van der Waals surface area contributed by atoms with E-state index in [9.17, 15) is 14.0 Å². The highest BCUT2D eigenvalue weighted by Crippen LogP contribution is 2.38. The first-order valence-corrected chi connectivity index (χ1v) is 11.6. The van der Waals surface area contributed by atoms with Crippen LogP contribution < -0.4 is 4.74 Å². The van der Waals surface area contributed by atoms with Gasteiger partial charge in [-0.2, -0.15) is 0 Å². The molecule has 176 valence electrons. The van der Waals surface area contributed by atoms with Crippen molar-refractivity contribution in [1.82, 2.24) is 9.80 Å². The topological polar surface area (TPSA) is 59.1 Å². The van der Waals surface area contributed by atoms with Crippen LogP contribution in [-0.2, 0) is 20.7 Å². The summed E-state index contributed by atoms with van der Waals surface area (Å²) in [4.78, 5) is 29.2. The van der Waals surface area contributed by atoms with E-state index in [0.717, 1.165) is 23.1 Å². The molecule has 7 heteroatoms. The van der Waals surface area contributed by atoms with Gasteiger partial charge in [0.1, 0.15) is 11.6 Å². The van der Waals surface area contributed by atoms with E-state index in [4.69, 9.17) is 9.47 Å². The number of carbonyl (C=O) groups is 2. The summed E-state index contributed by atoms with van der Waals surface area (Å²) in [6, 6.07) is 11.8. The van der Waals surface area contributed by atoms with Gasteiger partial charge in [0, 0.05) is 26.1 Å². The summed E-state index contributed by atoms with van der Waals surface area (Å²) in [5.74, 6) is 0.437. The number of morpholine rings is 1. The van der Waals surface area contributed by atoms with Crippen molar-refractivity contribution < 1.29 is 23.5 Å². The molecule has 2 aliphatic rings. The predicted octanol–water partition coefficient (Wildman–Crippen LogP) is 3.58. The fourth-order valence-electron chi connectivity index (χ4n) is 4.50. The van der Waals surface area contributed by atoms with E-state index in [-0.39, 0.29) is 30.2 Å². The summed E-state index contributed by atoms with van der Waals surface area (Å²) >= 11 is 0. The van der Waals surface area contributed by atoms with Crippen molar-refractivity contribution in [2.24, 2.45) is 5.92 Å². The molecule has 0 radical (unpaired) electrons. The number of ether oxygens (including phenoxy) is 2. The van der Waals surface area contributed by atoms with E-state index in [1.165, 1.54) is 12.1 Å². The largest absolute Gasteiger partial charge is 0.484 e. The lowest BCUT2D eigenvalue weighted by molar-refractivity contribution is -0.137. The Kier molecular flexibility index (Phi) is 7.28. The smallest absolute Gasteiger partial charge is 0.260 e. The zero-order chi connectivity index (χ0) is 23.4. The van der Waals surface area contributed by atoms with E-state index in [0.29, 0.717) is 45.0 Å². The van der Waals surface area contributed by atoms with Crippen molar-refractivity contribution in [3.05, 3.63) is 65.0 Å². The first-order chi connectivity index (χ1) is 15.9. The summed E-state index contributed by atoms with van der Waals surface area (Å²) in [5, 5.41) is 0. The monoisotopic (exact) mass is 454 g/mol. The number of amides is 2. The molecule has 0 N–H and O–H groups in total. The predicted molar refractivity (Wildman–Crippen MR) is 122 cm³/mol. The molecule has 0 spiro atoms. The van der Waals surface area contributed by atoms with Gasteiger partial charge < -0.3 is 19.3 Å². The maximum Gasteiger partial charge on any atom is 0.260 e. The average Bonchev–Trinajstić information content (AvgIpc) is 2.81. The van der Waals surface area contributed by atoms with E-state index >= 15 is 0 Å². The van der Waals surface area contributed by atoms with Gasteiger partial charge in [-0.1, -0.05) is 32.0 Å². The van der Waals surface area contributed by atoms with Crippen molar-refractivity contribution >= 4 is 11.8 Å². The summed E-state index contributed by atoms with van der Waals surface area (Å²) < 4.78 is 25.3. The van der Waals surface area contributed by atoms with Crippen molar-refractivity contribution in [3.63, 3.8) is 0 Å². The molecule has 0 aliphatic carbocycles. The standard InChI is InChI=1S/C26H31FN2O4/c1-18(2)14-24(30)29-9-8-19-6-7-22(33-17-25(31)28-10-12-32-13-11-28)16-23(19)26(29)20-4-3-5-21(27)15-20/h3-7,15-16,18,26H,8-14,17H2,1-2H3. The second kappa shape index (κ2) is 10.3. The zero-order valence-electron chi connectivity index (χ0n) is 19.3. The second-order valence-corrected chi connectivity index (χ2v) is 9.04. The number of nitrogens with zero attached hydrogens (tertiary/aromatic N) is 2. The second-order valence-electron chi connectivity index (χ2n) is 9.04. The van der Waals surface area contributed by atoms with E-state index in [1.807, 2.05) is 43.0 Å². The molecule has 33 heavy (non-hydrogen) atoms. The Morgan fingerprint density at radius 1 is 1.09 bits per heavy atom. The van der Waals surface area contributed by atoms with Crippen LogP contribution in [0.1, 0.15) is 43.0 Å². The number of halogens is 1. The molecule has 2 aromatic carbocycles. The first kappa shape index (κ1) is 23.2. The quantitative estimate of drug-likeness (QED) is 0.670. The molecule has 0 aromatic heterocycles. The minimum atomic E-state index is -0.394. The third-order valence-corrected chi connectivity index (χ3v) is 6.14. The van der Waals surface area contributed by atoms with Crippen LogP contribution >= 0.6 is 0 Å². The summed E-state index contributed by atoms with van der Waals surface area (Å²) in [5.41, 5.74) is 2.75. The van der Waals surface area contributed by atoms with Gasteiger partial charge in [0.05, 0.1) is 19.3 Å². The highest BCUT2D eigenvalue weighted by atomic mass is 19.1. The highest BCUT2D eigenvalue weighted by Gasteiger charge is 2.33. The molecule has 0 bridgehead atoms. The van der Waals surface area contributed by atoms with E-state index in [1.54, 1.807) is 11.0 Å². The number of fused-ring (bicyclic) bond motifs is 1. The number of carbonyl (C=O) groups excluding carboxylic acids is 2. The minimum absolute atomic E-state index is 0.0544. The van der Waals surface area contributed by atoms with Gasteiger partial charge in [-0.15, -0.1) is 0 Å². The molecule has 2 aliphatic heterocycles. The van der Waals surface area contributed by atoms with Gasteiger partial charge in [0.15, 0.2) is 6.61 Å². The molecule has 1 saturated heterocycles. The first-order valence-electron chi connectivity index (χ1n) is 11.6. The Morgan fingerprint density at radius 3 is 2.61 bits per heavy atom. The van der Waals surface area contributed by atoms with Crippen LogP contribution in [0.5, 0.6) is 5.75 Å². The third-order valence-electron chi connectivity index (χ3n) is 6.14. The lowest BCUT2D eigenvalue weighted by Gasteiger charge is -2.38.